The molecule has 30 heavy (non-hydrogen) atoms. The van der Waals surface area contributed by atoms with Crippen molar-refractivity contribution in [3.8, 4) is 0 Å². The molecule has 0 aromatic heterocycles. The topological polar surface area (TPSA) is 53.9 Å². The standard InChI is InChI=1S/C24H24BrN3O2/c25-17-9-8-16-14-21(29)22(19(16)15-17)24-23(18-6-2-3-7-20(18)26-24)27-30-13-12-28-10-4-1-5-11-28/h2-3,6-9,15,26H,1,4-5,10-14H2/b24-22-,27-23+. The Bertz CT molecular complexity index is 1050. The third-order valence-electron chi connectivity index (χ3n) is 6.00. The van der Waals surface area contributed by atoms with E-state index in [0.29, 0.717) is 24.3 Å². The lowest BCUT2D eigenvalue weighted by molar-refractivity contribution is -0.112. The molecule has 1 aliphatic carbocycles. The highest BCUT2D eigenvalue weighted by Gasteiger charge is 2.34. The minimum absolute atomic E-state index is 0.111. The molecule has 154 valence electrons. The van der Waals surface area contributed by atoms with E-state index in [2.05, 4.69) is 31.3 Å². The highest BCUT2D eigenvalue weighted by Crippen LogP contribution is 2.39. The number of hydrogen-bond acceptors (Lipinski definition) is 5. The third kappa shape index (κ3) is 3.70. The van der Waals surface area contributed by atoms with Gasteiger partial charge in [-0.2, -0.15) is 0 Å². The van der Waals surface area contributed by atoms with Gasteiger partial charge in [-0.1, -0.05) is 51.8 Å². The van der Waals surface area contributed by atoms with Crippen LogP contribution in [-0.4, -0.2) is 42.6 Å². The van der Waals surface area contributed by atoms with Crippen LogP contribution in [0.3, 0.4) is 0 Å². The fraction of sp³-hybridized carbons (Fsp3) is 0.333. The highest BCUT2D eigenvalue weighted by molar-refractivity contribution is 9.10. The summed E-state index contributed by atoms with van der Waals surface area (Å²) in [5.74, 6) is 0.111. The lowest BCUT2D eigenvalue weighted by Crippen LogP contribution is -2.32. The molecule has 0 amide bonds. The zero-order valence-electron chi connectivity index (χ0n) is 16.8. The molecule has 1 saturated heterocycles. The van der Waals surface area contributed by atoms with Gasteiger partial charge in [0.05, 0.1) is 11.3 Å². The number of hydrogen-bond donors (Lipinski definition) is 1. The van der Waals surface area contributed by atoms with Crippen molar-refractivity contribution < 1.29 is 9.63 Å². The van der Waals surface area contributed by atoms with Crippen molar-refractivity contribution in [2.45, 2.75) is 25.7 Å². The summed E-state index contributed by atoms with van der Waals surface area (Å²) in [6, 6.07) is 14.0. The molecule has 5 rings (SSSR count). The maximum absolute atomic E-state index is 12.9. The summed E-state index contributed by atoms with van der Waals surface area (Å²) in [4.78, 5) is 21.1. The summed E-state index contributed by atoms with van der Waals surface area (Å²) in [6.45, 7) is 3.70. The Balaban J connectivity index is 1.47. The van der Waals surface area contributed by atoms with Crippen molar-refractivity contribution >= 4 is 38.7 Å². The number of carbonyl (C=O) groups excluding carboxylic acids is 1. The van der Waals surface area contributed by atoms with Crippen LogP contribution in [0.15, 0.2) is 57.8 Å². The van der Waals surface area contributed by atoms with Gasteiger partial charge in [-0.3, -0.25) is 9.69 Å². The Hall–Kier alpha value is -2.44. The van der Waals surface area contributed by atoms with Gasteiger partial charge < -0.3 is 10.2 Å². The second-order valence-corrected chi connectivity index (χ2v) is 8.91. The van der Waals surface area contributed by atoms with E-state index in [1.807, 2.05) is 42.5 Å². The Morgan fingerprint density at radius 3 is 2.77 bits per heavy atom. The van der Waals surface area contributed by atoms with Crippen LogP contribution in [0.5, 0.6) is 0 Å². The molecule has 2 heterocycles. The average molecular weight is 466 g/mol. The zero-order chi connectivity index (χ0) is 20.5. The summed E-state index contributed by atoms with van der Waals surface area (Å²) in [7, 11) is 0. The van der Waals surface area contributed by atoms with Crippen molar-refractivity contribution in [1.29, 1.82) is 0 Å². The first kappa shape index (κ1) is 19.5. The Labute approximate surface area is 184 Å². The Kier molecular flexibility index (Phi) is 5.44. The largest absolute Gasteiger partial charge is 0.394 e. The summed E-state index contributed by atoms with van der Waals surface area (Å²) in [6.07, 6.45) is 4.27. The van der Waals surface area contributed by atoms with Gasteiger partial charge in [-0.15, -0.1) is 0 Å². The maximum Gasteiger partial charge on any atom is 0.170 e. The minimum Gasteiger partial charge on any atom is -0.394 e. The van der Waals surface area contributed by atoms with Crippen molar-refractivity contribution in [3.05, 3.63) is 69.3 Å². The first-order chi connectivity index (χ1) is 14.7. The second kappa shape index (κ2) is 8.36. The number of carbonyl (C=O) groups is 1. The van der Waals surface area contributed by atoms with Gasteiger partial charge in [0, 0.05) is 28.7 Å². The second-order valence-electron chi connectivity index (χ2n) is 8.00. The van der Waals surface area contributed by atoms with Gasteiger partial charge in [-0.05, 0) is 55.3 Å². The van der Waals surface area contributed by atoms with E-state index in [4.69, 9.17) is 4.84 Å². The number of benzene rings is 2. The van der Waals surface area contributed by atoms with E-state index in [9.17, 15) is 4.79 Å². The van der Waals surface area contributed by atoms with E-state index in [1.54, 1.807) is 0 Å². The molecule has 1 N–H and O–H groups in total. The maximum atomic E-state index is 12.9. The molecule has 2 aromatic carbocycles. The Morgan fingerprint density at radius 1 is 1.07 bits per heavy atom. The van der Waals surface area contributed by atoms with Crippen LogP contribution in [0.1, 0.15) is 36.0 Å². The third-order valence-corrected chi connectivity index (χ3v) is 6.50. The van der Waals surface area contributed by atoms with Gasteiger partial charge in [-0.25, -0.2) is 0 Å². The molecule has 0 radical (unpaired) electrons. The van der Waals surface area contributed by atoms with Crippen molar-refractivity contribution in [1.82, 2.24) is 4.90 Å². The molecule has 0 spiro atoms. The molecular weight excluding hydrogens is 442 g/mol. The fourth-order valence-electron chi connectivity index (χ4n) is 4.49. The van der Waals surface area contributed by atoms with Gasteiger partial charge in [0.1, 0.15) is 12.3 Å². The average Bonchev–Trinajstić information content (AvgIpc) is 3.28. The molecule has 0 bridgehead atoms. The first-order valence-electron chi connectivity index (χ1n) is 10.6. The van der Waals surface area contributed by atoms with E-state index >= 15 is 0 Å². The summed E-state index contributed by atoms with van der Waals surface area (Å²) in [5, 5.41) is 7.94. The number of ketones is 1. The Morgan fingerprint density at radius 2 is 1.90 bits per heavy atom. The van der Waals surface area contributed by atoms with Crippen LogP contribution < -0.4 is 5.32 Å². The van der Waals surface area contributed by atoms with E-state index in [0.717, 1.165) is 52.2 Å². The molecule has 0 saturated carbocycles. The van der Waals surface area contributed by atoms with E-state index in [-0.39, 0.29) is 5.78 Å². The molecule has 1 fully saturated rings. The van der Waals surface area contributed by atoms with E-state index in [1.165, 1.54) is 19.3 Å². The molecule has 2 aromatic rings. The number of Topliss-reactive ketones (excluding diaryl/α,β-unsaturated/α-hetero) is 1. The number of anilines is 1. The van der Waals surface area contributed by atoms with Crippen molar-refractivity contribution in [2.24, 2.45) is 5.16 Å². The van der Waals surface area contributed by atoms with Crippen LogP contribution in [0.4, 0.5) is 5.69 Å². The minimum atomic E-state index is 0.111. The molecule has 2 aliphatic heterocycles. The predicted octanol–water partition coefficient (Wildman–Crippen LogP) is 4.62. The van der Waals surface area contributed by atoms with Crippen molar-refractivity contribution in [3.63, 3.8) is 0 Å². The quantitative estimate of drug-likeness (QED) is 0.406. The molecule has 3 aliphatic rings. The summed E-state index contributed by atoms with van der Waals surface area (Å²) in [5.41, 5.74) is 6.08. The molecular formula is C24H24BrN3O2. The number of allylic oxidation sites excluding steroid dienone is 2. The van der Waals surface area contributed by atoms with Gasteiger partial charge in [0.15, 0.2) is 5.78 Å². The number of halogens is 1. The normalized spacial score (nSPS) is 22.2. The number of fused-ring (bicyclic) bond motifs is 2. The lowest BCUT2D eigenvalue weighted by atomic mass is 10.0. The number of nitrogens with zero attached hydrogens (tertiary/aromatic N) is 2. The number of piperidine rings is 1. The molecule has 0 atom stereocenters. The number of para-hydroxylation sites is 1. The van der Waals surface area contributed by atoms with Gasteiger partial charge >= 0.3 is 0 Å². The van der Waals surface area contributed by atoms with Crippen LogP contribution in [0, 0.1) is 0 Å². The van der Waals surface area contributed by atoms with E-state index < -0.39 is 0 Å². The predicted molar refractivity (Wildman–Crippen MR) is 123 cm³/mol. The van der Waals surface area contributed by atoms with Gasteiger partial charge in [0.2, 0.25) is 0 Å². The first-order valence-corrected chi connectivity index (χ1v) is 11.4. The summed E-state index contributed by atoms with van der Waals surface area (Å²) < 4.78 is 0.959. The number of rotatable bonds is 4. The number of oxime groups is 1. The smallest absolute Gasteiger partial charge is 0.170 e. The van der Waals surface area contributed by atoms with Gasteiger partial charge in [0.25, 0.3) is 0 Å². The SMILES string of the molecule is O=C1Cc2ccc(Br)cc2/C1=C1/Nc2ccccc2/C1=N\OCCN1CCCCC1. The molecule has 6 heteroatoms. The van der Waals surface area contributed by atoms with Crippen LogP contribution >= 0.6 is 15.9 Å². The fourth-order valence-corrected chi connectivity index (χ4v) is 4.85. The summed E-state index contributed by atoms with van der Waals surface area (Å²) >= 11 is 3.54. The highest BCUT2D eigenvalue weighted by atomic mass is 79.9. The molecule has 0 unspecified atom stereocenters. The molecule has 5 nitrogen and oxygen atoms in total. The van der Waals surface area contributed by atoms with Crippen LogP contribution in [-0.2, 0) is 16.1 Å². The zero-order valence-corrected chi connectivity index (χ0v) is 18.4. The number of likely N-dealkylation sites (tertiary alicyclic amines) is 1. The number of nitrogens with one attached hydrogen (secondary N) is 1. The van der Waals surface area contributed by atoms with Crippen LogP contribution in [0.2, 0.25) is 0 Å². The monoisotopic (exact) mass is 465 g/mol. The lowest BCUT2D eigenvalue weighted by Gasteiger charge is -2.25. The van der Waals surface area contributed by atoms with Crippen LogP contribution in [0.25, 0.3) is 5.57 Å². The van der Waals surface area contributed by atoms with Crippen molar-refractivity contribution in [2.75, 3.05) is 31.6 Å².